The summed E-state index contributed by atoms with van der Waals surface area (Å²) in [6.07, 6.45) is 0.751. The maximum Gasteiger partial charge on any atom is 0.323 e. The van der Waals surface area contributed by atoms with Gasteiger partial charge in [-0.05, 0) is 20.3 Å². The minimum atomic E-state index is -1.18. The zero-order valence-electron chi connectivity index (χ0n) is 11.0. The molecule has 0 aliphatic heterocycles. The Bertz CT molecular complexity index is 301. The number of nitrogens with two attached hydrogens (primary N) is 1. The first-order chi connectivity index (χ1) is 8.29. The molecule has 0 radical (unpaired) electrons. The van der Waals surface area contributed by atoms with Crippen molar-refractivity contribution in [3.05, 3.63) is 0 Å². The van der Waals surface area contributed by atoms with Gasteiger partial charge in [-0.2, -0.15) is 0 Å². The third kappa shape index (κ3) is 5.51. The molecule has 0 aliphatic rings. The first kappa shape index (κ1) is 16.2. The average Bonchev–Trinajstić information content (AvgIpc) is 2.22. The van der Waals surface area contributed by atoms with E-state index in [-0.39, 0.29) is 6.04 Å². The Labute approximate surface area is 107 Å². The zero-order valence-corrected chi connectivity index (χ0v) is 11.0. The van der Waals surface area contributed by atoms with Crippen molar-refractivity contribution >= 4 is 17.9 Å². The minimum absolute atomic E-state index is 0.0679. The van der Waals surface area contributed by atoms with Crippen molar-refractivity contribution in [3.8, 4) is 0 Å². The fourth-order valence-corrected chi connectivity index (χ4v) is 1.54. The van der Waals surface area contributed by atoms with Gasteiger partial charge in [-0.25, -0.2) is 4.79 Å². The zero-order chi connectivity index (χ0) is 14.3. The third-order valence-electron chi connectivity index (χ3n) is 2.28. The van der Waals surface area contributed by atoms with Gasteiger partial charge in [0.2, 0.25) is 5.91 Å². The van der Waals surface area contributed by atoms with Crippen LogP contribution in [0.2, 0.25) is 0 Å². The molecular weight excluding hydrogens is 238 g/mol. The molecule has 0 bridgehead atoms. The van der Waals surface area contributed by atoms with Crippen LogP contribution in [0.3, 0.4) is 0 Å². The van der Waals surface area contributed by atoms with Crippen molar-refractivity contribution in [1.82, 2.24) is 9.80 Å². The predicted octanol–water partition coefficient (Wildman–Crippen LogP) is 0.0987. The van der Waals surface area contributed by atoms with Crippen LogP contribution in [0.1, 0.15) is 27.2 Å². The van der Waals surface area contributed by atoms with Crippen LogP contribution >= 0.6 is 0 Å². The molecule has 0 aromatic heterocycles. The molecule has 7 heteroatoms. The number of rotatable bonds is 7. The second kappa shape index (κ2) is 7.52. The van der Waals surface area contributed by atoms with Crippen molar-refractivity contribution in [2.24, 2.45) is 5.73 Å². The number of carboxylic acid groups (broad SMARTS) is 1. The van der Waals surface area contributed by atoms with Gasteiger partial charge < -0.3 is 20.6 Å². The maximum absolute atomic E-state index is 12.1. The summed E-state index contributed by atoms with van der Waals surface area (Å²) >= 11 is 0. The number of nitrogens with zero attached hydrogens (tertiary/aromatic N) is 2. The van der Waals surface area contributed by atoms with Gasteiger partial charge in [-0.3, -0.25) is 9.59 Å². The molecule has 0 aromatic rings. The first-order valence-corrected chi connectivity index (χ1v) is 5.85. The molecule has 0 unspecified atom stereocenters. The molecule has 0 aromatic carbocycles. The number of amides is 3. The van der Waals surface area contributed by atoms with Gasteiger partial charge in [-0.1, -0.05) is 6.92 Å². The molecule has 0 saturated heterocycles. The summed E-state index contributed by atoms with van der Waals surface area (Å²) in [6, 6.07) is -0.547. The van der Waals surface area contributed by atoms with Crippen molar-refractivity contribution in [3.63, 3.8) is 0 Å². The number of carboxylic acids is 1. The fraction of sp³-hybridized carbons (Fsp3) is 0.727. The highest BCUT2D eigenvalue weighted by Crippen LogP contribution is 2.06. The summed E-state index contributed by atoms with van der Waals surface area (Å²) in [5, 5.41) is 8.73. The van der Waals surface area contributed by atoms with E-state index in [1.807, 2.05) is 20.8 Å². The molecule has 0 fully saturated rings. The van der Waals surface area contributed by atoms with E-state index in [4.69, 9.17) is 10.8 Å². The average molecular weight is 259 g/mol. The van der Waals surface area contributed by atoms with Crippen molar-refractivity contribution < 1.29 is 19.5 Å². The van der Waals surface area contributed by atoms with Crippen LogP contribution in [0, 0.1) is 0 Å². The molecule has 104 valence electrons. The van der Waals surface area contributed by atoms with E-state index in [2.05, 4.69) is 0 Å². The van der Waals surface area contributed by atoms with Gasteiger partial charge >= 0.3 is 12.0 Å². The fourth-order valence-electron chi connectivity index (χ4n) is 1.54. The molecule has 0 heterocycles. The number of carbonyl (C=O) groups is 3. The Morgan fingerprint density at radius 3 is 2.11 bits per heavy atom. The number of primary amides is 1. The third-order valence-corrected chi connectivity index (χ3v) is 2.28. The highest BCUT2D eigenvalue weighted by atomic mass is 16.4. The predicted molar refractivity (Wildman–Crippen MR) is 65.9 cm³/mol. The lowest BCUT2D eigenvalue weighted by atomic mass is 10.3. The Balaban J connectivity index is 4.88. The number of hydrogen-bond acceptors (Lipinski definition) is 3. The van der Waals surface area contributed by atoms with Crippen LogP contribution in [0.15, 0.2) is 0 Å². The van der Waals surface area contributed by atoms with Crippen LogP contribution in [0.4, 0.5) is 4.79 Å². The Morgan fingerprint density at radius 2 is 1.78 bits per heavy atom. The molecule has 0 spiro atoms. The summed E-state index contributed by atoms with van der Waals surface area (Å²) in [6.45, 7) is 5.16. The van der Waals surface area contributed by atoms with E-state index in [0.29, 0.717) is 6.54 Å². The molecule has 3 amide bonds. The molecular formula is C11H21N3O4. The smallest absolute Gasteiger partial charge is 0.323 e. The summed E-state index contributed by atoms with van der Waals surface area (Å²) in [7, 11) is 0. The van der Waals surface area contributed by atoms with E-state index in [0.717, 1.165) is 11.3 Å². The molecule has 0 aliphatic carbocycles. The van der Waals surface area contributed by atoms with Crippen LogP contribution in [0.5, 0.6) is 0 Å². The molecule has 18 heavy (non-hydrogen) atoms. The first-order valence-electron chi connectivity index (χ1n) is 5.85. The lowest BCUT2D eigenvalue weighted by Crippen LogP contribution is -2.50. The number of carbonyl (C=O) groups excluding carboxylic acids is 2. The topological polar surface area (TPSA) is 104 Å². The summed E-state index contributed by atoms with van der Waals surface area (Å²) in [4.78, 5) is 36.1. The lowest BCUT2D eigenvalue weighted by Gasteiger charge is -2.31. The largest absolute Gasteiger partial charge is 0.480 e. The van der Waals surface area contributed by atoms with Crippen LogP contribution in [0.25, 0.3) is 0 Å². The van der Waals surface area contributed by atoms with Gasteiger partial charge in [0.05, 0.1) is 0 Å². The highest BCUT2D eigenvalue weighted by molar-refractivity contribution is 5.86. The maximum atomic E-state index is 12.1. The summed E-state index contributed by atoms with van der Waals surface area (Å²) in [5.74, 6) is -1.91. The van der Waals surface area contributed by atoms with E-state index in [1.54, 1.807) is 0 Å². The van der Waals surface area contributed by atoms with Gasteiger partial charge in [0.15, 0.2) is 0 Å². The number of aliphatic carboxylic acids is 1. The second-order valence-corrected chi connectivity index (χ2v) is 4.29. The van der Waals surface area contributed by atoms with Gasteiger partial charge in [0, 0.05) is 12.6 Å². The van der Waals surface area contributed by atoms with Crippen LogP contribution in [-0.4, -0.2) is 58.5 Å². The second-order valence-electron chi connectivity index (χ2n) is 4.29. The van der Waals surface area contributed by atoms with Crippen LogP contribution < -0.4 is 5.73 Å². The van der Waals surface area contributed by atoms with E-state index < -0.39 is 31.0 Å². The molecule has 0 atom stereocenters. The monoisotopic (exact) mass is 259 g/mol. The highest BCUT2D eigenvalue weighted by Gasteiger charge is 2.25. The summed E-state index contributed by atoms with van der Waals surface area (Å²) < 4.78 is 0. The molecule has 0 rings (SSSR count). The van der Waals surface area contributed by atoms with Gasteiger partial charge in [-0.15, -0.1) is 0 Å². The Hall–Kier alpha value is -1.79. The van der Waals surface area contributed by atoms with Crippen LogP contribution in [-0.2, 0) is 9.59 Å². The molecule has 7 nitrogen and oxygen atoms in total. The number of urea groups is 1. The molecule has 0 saturated carbocycles. The van der Waals surface area contributed by atoms with Gasteiger partial charge in [0.25, 0.3) is 0 Å². The van der Waals surface area contributed by atoms with Crippen molar-refractivity contribution in [2.45, 2.75) is 33.2 Å². The minimum Gasteiger partial charge on any atom is -0.480 e. The van der Waals surface area contributed by atoms with Crippen molar-refractivity contribution in [2.75, 3.05) is 19.6 Å². The lowest BCUT2D eigenvalue weighted by molar-refractivity contribution is -0.138. The van der Waals surface area contributed by atoms with Gasteiger partial charge in [0.1, 0.15) is 13.1 Å². The quantitative estimate of drug-likeness (QED) is 0.676. The SMILES string of the molecule is CCCN(C(=O)N(CC(N)=O)CC(=O)O)C(C)C. The van der Waals surface area contributed by atoms with E-state index in [9.17, 15) is 14.4 Å². The standard InChI is InChI=1S/C11H21N3O4/c1-4-5-14(8(2)3)11(18)13(6-9(12)15)7-10(16)17/h8H,4-7H2,1-3H3,(H2,12,15)(H,16,17). The Morgan fingerprint density at radius 1 is 1.22 bits per heavy atom. The Kier molecular flexibility index (Phi) is 6.77. The normalized spacial score (nSPS) is 10.2. The number of hydrogen-bond donors (Lipinski definition) is 2. The van der Waals surface area contributed by atoms with E-state index >= 15 is 0 Å². The molecule has 3 N–H and O–H groups in total. The van der Waals surface area contributed by atoms with E-state index in [1.165, 1.54) is 4.90 Å². The van der Waals surface area contributed by atoms with Crippen molar-refractivity contribution in [1.29, 1.82) is 0 Å². The summed E-state index contributed by atoms with van der Waals surface area (Å²) in [5.41, 5.74) is 5.01.